The van der Waals surface area contributed by atoms with Gasteiger partial charge >= 0.3 is 6.03 Å². The summed E-state index contributed by atoms with van der Waals surface area (Å²) >= 11 is 5.86. The third-order valence-electron chi connectivity index (χ3n) is 4.28. The number of amides is 2. The zero-order valence-corrected chi connectivity index (χ0v) is 15.3. The van der Waals surface area contributed by atoms with E-state index in [0.29, 0.717) is 36.9 Å². The number of hydroxylamine groups is 1. The Kier molecular flexibility index (Phi) is 6.10. The summed E-state index contributed by atoms with van der Waals surface area (Å²) in [6, 6.07) is 13.8. The first-order valence-corrected chi connectivity index (χ1v) is 8.82. The number of piperazine rings is 1. The molecule has 0 bridgehead atoms. The van der Waals surface area contributed by atoms with Gasteiger partial charge in [-0.25, -0.2) is 10.3 Å². The van der Waals surface area contributed by atoms with Crippen molar-refractivity contribution in [2.24, 2.45) is 0 Å². The molecule has 1 aliphatic heterocycles. The number of carbonyl (C=O) groups excluding carboxylic acids is 1. The summed E-state index contributed by atoms with van der Waals surface area (Å²) in [5, 5.41) is 11.6. The summed E-state index contributed by atoms with van der Waals surface area (Å²) in [6.45, 7) is 2.10. The van der Waals surface area contributed by atoms with Gasteiger partial charge in [0.1, 0.15) is 5.69 Å². The Morgan fingerprint density at radius 3 is 2.52 bits per heavy atom. The molecule has 0 aliphatic carbocycles. The molecule has 1 aliphatic rings. The summed E-state index contributed by atoms with van der Waals surface area (Å²) in [5.74, 6) is 0. The van der Waals surface area contributed by atoms with Gasteiger partial charge in [-0.05, 0) is 17.7 Å². The van der Waals surface area contributed by atoms with E-state index < -0.39 is 4.92 Å². The van der Waals surface area contributed by atoms with Gasteiger partial charge in [-0.3, -0.25) is 15.0 Å². The van der Waals surface area contributed by atoms with E-state index in [1.807, 2.05) is 35.2 Å². The lowest BCUT2D eigenvalue weighted by Gasteiger charge is -2.35. The molecular formula is C18H19ClN4O4. The number of urea groups is 1. The molecule has 8 nitrogen and oxygen atoms in total. The number of carbonyl (C=O) groups is 1. The lowest BCUT2D eigenvalue weighted by Crippen LogP contribution is -2.51. The number of nitro benzene ring substituents is 1. The minimum Gasteiger partial charge on any atom is -0.362 e. The average molecular weight is 391 g/mol. The van der Waals surface area contributed by atoms with E-state index in [2.05, 4.69) is 5.48 Å². The highest BCUT2D eigenvalue weighted by Crippen LogP contribution is 2.31. The zero-order chi connectivity index (χ0) is 19.2. The number of nitrogens with one attached hydrogen (secondary N) is 1. The van der Waals surface area contributed by atoms with E-state index >= 15 is 0 Å². The number of nitro groups is 1. The maximum Gasteiger partial charge on any atom is 0.341 e. The Bertz CT molecular complexity index is 810. The summed E-state index contributed by atoms with van der Waals surface area (Å²) in [5.41, 5.74) is 3.86. The van der Waals surface area contributed by atoms with Crippen LogP contribution in [0.15, 0.2) is 48.5 Å². The minimum atomic E-state index is -0.447. The van der Waals surface area contributed by atoms with E-state index in [-0.39, 0.29) is 18.3 Å². The predicted molar refractivity (Wildman–Crippen MR) is 102 cm³/mol. The zero-order valence-electron chi connectivity index (χ0n) is 14.5. The third kappa shape index (κ3) is 4.87. The Morgan fingerprint density at radius 2 is 1.85 bits per heavy atom. The fraction of sp³-hybridized carbons (Fsp3) is 0.278. The lowest BCUT2D eigenvalue weighted by atomic mass is 10.2. The summed E-state index contributed by atoms with van der Waals surface area (Å²) in [4.78, 5) is 31.7. The van der Waals surface area contributed by atoms with Crippen molar-refractivity contribution in [2.75, 3.05) is 31.1 Å². The number of nitrogens with zero attached hydrogens (tertiary/aromatic N) is 3. The monoisotopic (exact) mass is 390 g/mol. The van der Waals surface area contributed by atoms with Crippen molar-refractivity contribution >= 4 is 29.0 Å². The number of halogens is 1. The average Bonchev–Trinajstić information content (AvgIpc) is 2.69. The van der Waals surface area contributed by atoms with Crippen molar-refractivity contribution < 1.29 is 14.6 Å². The van der Waals surface area contributed by atoms with Crippen LogP contribution in [0.4, 0.5) is 16.2 Å². The van der Waals surface area contributed by atoms with Gasteiger partial charge in [0.15, 0.2) is 0 Å². The van der Waals surface area contributed by atoms with Crippen LogP contribution < -0.4 is 10.4 Å². The van der Waals surface area contributed by atoms with Crippen LogP contribution in [0, 0.1) is 10.1 Å². The summed E-state index contributed by atoms with van der Waals surface area (Å²) in [7, 11) is 0. The molecular weight excluding hydrogens is 372 g/mol. The smallest absolute Gasteiger partial charge is 0.341 e. The van der Waals surface area contributed by atoms with Crippen LogP contribution in [-0.4, -0.2) is 42.0 Å². The standard InChI is InChI=1S/C18H19ClN4O4/c19-15-6-7-16(17(12-15)23(25)26)21-8-10-22(11-9-21)18(24)20-27-13-14-4-2-1-3-5-14/h1-7,12H,8-11,13H2,(H,20,24). The van der Waals surface area contributed by atoms with Crippen LogP contribution in [0.5, 0.6) is 0 Å². The van der Waals surface area contributed by atoms with Crippen LogP contribution >= 0.6 is 11.6 Å². The van der Waals surface area contributed by atoms with Crippen molar-refractivity contribution in [3.8, 4) is 0 Å². The molecule has 0 atom stereocenters. The Morgan fingerprint density at radius 1 is 1.15 bits per heavy atom. The molecule has 9 heteroatoms. The maximum absolute atomic E-state index is 12.2. The second kappa shape index (κ2) is 8.70. The normalized spacial score (nSPS) is 14.1. The molecule has 1 heterocycles. The lowest BCUT2D eigenvalue weighted by molar-refractivity contribution is -0.384. The second-order valence-corrected chi connectivity index (χ2v) is 6.48. The molecule has 1 saturated heterocycles. The first kappa shape index (κ1) is 18.9. The molecule has 2 aromatic carbocycles. The quantitative estimate of drug-likeness (QED) is 0.625. The number of anilines is 1. The maximum atomic E-state index is 12.2. The summed E-state index contributed by atoms with van der Waals surface area (Å²) < 4.78 is 0. The highest BCUT2D eigenvalue weighted by Gasteiger charge is 2.26. The van der Waals surface area contributed by atoms with Crippen molar-refractivity contribution in [1.29, 1.82) is 0 Å². The van der Waals surface area contributed by atoms with Gasteiger partial charge in [0.05, 0.1) is 11.5 Å². The molecule has 3 rings (SSSR count). The fourth-order valence-corrected chi connectivity index (χ4v) is 3.05. The number of hydrogen-bond acceptors (Lipinski definition) is 5. The Balaban J connectivity index is 1.51. The van der Waals surface area contributed by atoms with Crippen molar-refractivity contribution in [3.05, 3.63) is 69.2 Å². The van der Waals surface area contributed by atoms with E-state index in [1.165, 1.54) is 6.07 Å². The van der Waals surface area contributed by atoms with E-state index in [0.717, 1.165) is 5.56 Å². The Labute approximate surface area is 161 Å². The SMILES string of the molecule is O=C(NOCc1ccccc1)N1CCN(c2ccc(Cl)cc2[N+](=O)[O-])CC1. The van der Waals surface area contributed by atoms with Crippen molar-refractivity contribution in [1.82, 2.24) is 10.4 Å². The van der Waals surface area contributed by atoms with Crippen LogP contribution in [0.1, 0.15) is 5.56 Å². The molecule has 0 aromatic heterocycles. The number of benzene rings is 2. The highest BCUT2D eigenvalue weighted by atomic mass is 35.5. The van der Waals surface area contributed by atoms with Gasteiger partial charge < -0.3 is 9.80 Å². The van der Waals surface area contributed by atoms with Gasteiger partial charge in [-0.2, -0.15) is 0 Å². The highest BCUT2D eigenvalue weighted by molar-refractivity contribution is 6.30. The third-order valence-corrected chi connectivity index (χ3v) is 4.52. The number of rotatable bonds is 5. The Hall–Kier alpha value is -2.84. The molecule has 142 valence electrons. The molecule has 0 spiro atoms. The molecule has 1 N–H and O–H groups in total. The van der Waals surface area contributed by atoms with Crippen LogP contribution in [0.25, 0.3) is 0 Å². The minimum absolute atomic E-state index is 0.0356. The van der Waals surface area contributed by atoms with Crippen LogP contribution in [0.2, 0.25) is 5.02 Å². The molecule has 27 heavy (non-hydrogen) atoms. The van der Waals surface area contributed by atoms with Gasteiger partial charge in [0, 0.05) is 37.3 Å². The van der Waals surface area contributed by atoms with E-state index in [4.69, 9.17) is 16.4 Å². The van der Waals surface area contributed by atoms with Gasteiger partial charge in [-0.1, -0.05) is 41.9 Å². The van der Waals surface area contributed by atoms with Crippen LogP contribution in [-0.2, 0) is 11.4 Å². The van der Waals surface area contributed by atoms with Gasteiger partial charge in [0.25, 0.3) is 5.69 Å². The number of hydrogen-bond donors (Lipinski definition) is 1. The van der Waals surface area contributed by atoms with Gasteiger partial charge in [0.2, 0.25) is 0 Å². The van der Waals surface area contributed by atoms with E-state index in [9.17, 15) is 14.9 Å². The first-order valence-electron chi connectivity index (χ1n) is 8.44. The molecule has 1 fully saturated rings. The molecule has 2 aromatic rings. The molecule has 2 amide bonds. The van der Waals surface area contributed by atoms with Crippen molar-refractivity contribution in [3.63, 3.8) is 0 Å². The fourth-order valence-electron chi connectivity index (χ4n) is 2.88. The molecule has 0 saturated carbocycles. The van der Waals surface area contributed by atoms with Crippen LogP contribution in [0.3, 0.4) is 0 Å². The molecule has 0 radical (unpaired) electrons. The largest absolute Gasteiger partial charge is 0.362 e. The van der Waals surface area contributed by atoms with Gasteiger partial charge in [-0.15, -0.1) is 0 Å². The second-order valence-electron chi connectivity index (χ2n) is 6.05. The summed E-state index contributed by atoms with van der Waals surface area (Å²) in [6.07, 6.45) is 0. The molecule has 0 unspecified atom stereocenters. The topological polar surface area (TPSA) is 88.0 Å². The van der Waals surface area contributed by atoms with Crippen molar-refractivity contribution in [2.45, 2.75) is 6.61 Å². The first-order chi connectivity index (χ1) is 13.0. The predicted octanol–water partition coefficient (Wildman–Crippen LogP) is 3.21. The van der Waals surface area contributed by atoms with E-state index in [1.54, 1.807) is 17.0 Å².